The number of aromatic nitrogens is 3. The Morgan fingerprint density at radius 1 is 1.10 bits per heavy atom. The van der Waals surface area contributed by atoms with E-state index in [-0.39, 0.29) is 0 Å². The maximum absolute atomic E-state index is 4.56. The van der Waals surface area contributed by atoms with Crippen molar-refractivity contribution in [3.63, 3.8) is 0 Å². The van der Waals surface area contributed by atoms with Gasteiger partial charge in [-0.2, -0.15) is 15.0 Å². The van der Waals surface area contributed by atoms with Crippen LogP contribution in [-0.4, -0.2) is 66.7 Å². The second-order valence-electron chi connectivity index (χ2n) is 5.40. The van der Waals surface area contributed by atoms with Gasteiger partial charge in [0.15, 0.2) is 0 Å². The van der Waals surface area contributed by atoms with Gasteiger partial charge in [-0.05, 0) is 32.9 Å². The smallest absolute Gasteiger partial charge is 0.231 e. The van der Waals surface area contributed by atoms with Crippen LogP contribution in [0.5, 0.6) is 0 Å². The zero-order chi connectivity index (χ0) is 15.1. The highest BCUT2D eigenvalue weighted by Crippen LogP contribution is 2.18. The Balaban J connectivity index is 2.02. The number of rotatable bonds is 7. The molecule has 0 radical (unpaired) electrons. The Morgan fingerprint density at radius 2 is 1.81 bits per heavy atom. The van der Waals surface area contributed by atoms with Crippen molar-refractivity contribution in [3.8, 4) is 0 Å². The Labute approximate surface area is 127 Å². The fraction of sp³-hybridized carbons (Fsp3) is 0.786. The van der Waals surface area contributed by atoms with E-state index in [0.29, 0.717) is 11.9 Å². The number of likely N-dealkylation sites (N-methyl/N-ethyl adjacent to an activating group) is 1. The molecule has 0 atom stereocenters. The number of nitrogens with one attached hydrogen (secondary N) is 2. The summed E-state index contributed by atoms with van der Waals surface area (Å²) in [5.41, 5.74) is 0. The van der Waals surface area contributed by atoms with Gasteiger partial charge >= 0.3 is 0 Å². The van der Waals surface area contributed by atoms with E-state index in [1.165, 1.54) is 19.3 Å². The summed E-state index contributed by atoms with van der Waals surface area (Å²) in [4.78, 5) is 17.9. The molecule has 1 aromatic heterocycles. The van der Waals surface area contributed by atoms with E-state index in [1.54, 1.807) is 0 Å². The lowest BCUT2D eigenvalue weighted by molar-refractivity contribution is 0.367. The van der Waals surface area contributed by atoms with Gasteiger partial charge in [-0.1, -0.05) is 6.92 Å². The van der Waals surface area contributed by atoms with E-state index < -0.39 is 0 Å². The summed E-state index contributed by atoms with van der Waals surface area (Å²) in [5.74, 6) is 2.05. The molecule has 0 bridgehead atoms. The minimum Gasteiger partial charge on any atom is -0.357 e. The predicted octanol–water partition coefficient (Wildman–Crippen LogP) is 1.27. The fourth-order valence-corrected chi connectivity index (χ4v) is 2.31. The lowest BCUT2D eigenvalue weighted by atomic mass is 10.1. The molecule has 0 amide bonds. The number of hydrogen-bond donors (Lipinski definition) is 2. The third-order valence-corrected chi connectivity index (χ3v) is 3.80. The molecule has 118 valence electrons. The van der Waals surface area contributed by atoms with Crippen LogP contribution in [0.25, 0.3) is 0 Å². The van der Waals surface area contributed by atoms with Gasteiger partial charge in [-0.25, -0.2) is 0 Å². The van der Waals surface area contributed by atoms with E-state index in [1.807, 2.05) is 7.05 Å². The molecular weight excluding hydrogens is 266 g/mol. The third-order valence-electron chi connectivity index (χ3n) is 3.80. The molecule has 1 aliphatic rings. The average molecular weight is 293 g/mol. The van der Waals surface area contributed by atoms with Gasteiger partial charge < -0.3 is 20.4 Å². The third kappa shape index (κ3) is 4.70. The largest absolute Gasteiger partial charge is 0.357 e. The lowest BCUT2D eigenvalue weighted by Gasteiger charge is -2.27. The molecule has 0 saturated carbocycles. The molecule has 2 heterocycles. The van der Waals surface area contributed by atoms with Crippen LogP contribution in [0.15, 0.2) is 0 Å². The van der Waals surface area contributed by atoms with Gasteiger partial charge in [0, 0.05) is 33.2 Å². The standard InChI is InChI=1S/C14H27N7/c1-4-20(3)11-8-16-13-17-12(15-2)18-14(19-13)21-9-6-5-7-10-21/h4-11H2,1-3H3,(H2,15,16,17,18,19). The van der Waals surface area contributed by atoms with Crippen molar-refractivity contribution in [2.75, 3.05) is 62.4 Å². The van der Waals surface area contributed by atoms with Crippen LogP contribution < -0.4 is 15.5 Å². The molecule has 1 saturated heterocycles. The van der Waals surface area contributed by atoms with E-state index in [4.69, 9.17) is 0 Å². The maximum atomic E-state index is 4.56. The van der Waals surface area contributed by atoms with Crippen LogP contribution in [0.1, 0.15) is 26.2 Å². The van der Waals surface area contributed by atoms with Crippen LogP contribution in [0, 0.1) is 0 Å². The van der Waals surface area contributed by atoms with Crippen molar-refractivity contribution < 1.29 is 0 Å². The monoisotopic (exact) mass is 293 g/mol. The van der Waals surface area contributed by atoms with Crippen molar-refractivity contribution in [2.45, 2.75) is 26.2 Å². The molecule has 7 heteroatoms. The summed E-state index contributed by atoms with van der Waals surface area (Å²) in [7, 11) is 3.94. The second kappa shape index (κ2) is 7.97. The molecule has 0 aliphatic carbocycles. The zero-order valence-electron chi connectivity index (χ0n) is 13.4. The topological polar surface area (TPSA) is 69.2 Å². The van der Waals surface area contributed by atoms with Crippen molar-refractivity contribution in [1.29, 1.82) is 0 Å². The van der Waals surface area contributed by atoms with Crippen molar-refractivity contribution in [1.82, 2.24) is 19.9 Å². The number of hydrogen-bond acceptors (Lipinski definition) is 7. The van der Waals surface area contributed by atoms with Gasteiger partial charge in [0.1, 0.15) is 0 Å². The molecule has 1 aliphatic heterocycles. The first-order valence-electron chi connectivity index (χ1n) is 7.84. The Bertz CT molecular complexity index is 431. The molecule has 21 heavy (non-hydrogen) atoms. The van der Waals surface area contributed by atoms with Crippen LogP contribution in [-0.2, 0) is 0 Å². The first-order valence-corrected chi connectivity index (χ1v) is 7.84. The minimum atomic E-state index is 0.622. The van der Waals surface area contributed by atoms with Crippen LogP contribution in [0.2, 0.25) is 0 Å². The summed E-state index contributed by atoms with van der Waals surface area (Å²) in [6, 6.07) is 0. The number of nitrogens with zero attached hydrogens (tertiary/aromatic N) is 5. The summed E-state index contributed by atoms with van der Waals surface area (Å²) >= 11 is 0. The molecule has 0 aromatic carbocycles. The number of piperidine rings is 1. The van der Waals surface area contributed by atoms with Crippen molar-refractivity contribution in [2.24, 2.45) is 0 Å². The van der Waals surface area contributed by atoms with Gasteiger partial charge in [-0.3, -0.25) is 0 Å². The first kappa shape index (κ1) is 15.8. The number of anilines is 3. The van der Waals surface area contributed by atoms with Crippen LogP contribution >= 0.6 is 0 Å². The Hall–Kier alpha value is -1.63. The van der Waals surface area contributed by atoms with Gasteiger partial charge in [0.2, 0.25) is 17.8 Å². The zero-order valence-corrected chi connectivity index (χ0v) is 13.4. The van der Waals surface area contributed by atoms with Gasteiger partial charge in [-0.15, -0.1) is 0 Å². The molecule has 0 spiro atoms. The van der Waals surface area contributed by atoms with Crippen molar-refractivity contribution in [3.05, 3.63) is 0 Å². The highest BCUT2D eigenvalue weighted by atomic mass is 15.3. The summed E-state index contributed by atoms with van der Waals surface area (Å²) in [6.07, 6.45) is 3.73. The highest BCUT2D eigenvalue weighted by Gasteiger charge is 2.15. The molecule has 7 nitrogen and oxygen atoms in total. The Kier molecular flexibility index (Phi) is 5.98. The quantitative estimate of drug-likeness (QED) is 0.784. The first-order chi connectivity index (χ1) is 10.2. The lowest BCUT2D eigenvalue weighted by Crippen LogP contribution is -2.32. The molecule has 1 fully saturated rings. The van der Waals surface area contributed by atoms with E-state index in [2.05, 4.69) is 49.4 Å². The fourth-order valence-electron chi connectivity index (χ4n) is 2.31. The van der Waals surface area contributed by atoms with Crippen LogP contribution in [0.4, 0.5) is 17.8 Å². The molecule has 2 rings (SSSR count). The van der Waals surface area contributed by atoms with E-state index in [9.17, 15) is 0 Å². The second-order valence-corrected chi connectivity index (χ2v) is 5.40. The summed E-state index contributed by atoms with van der Waals surface area (Å²) in [6.45, 7) is 7.06. The molecule has 2 N–H and O–H groups in total. The SMILES string of the molecule is CCN(C)CCNc1nc(NC)nc(N2CCCCC2)n1. The van der Waals surface area contributed by atoms with Gasteiger partial charge in [0.25, 0.3) is 0 Å². The van der Waals surface area contributed by atoms with E-state index >= 15 is 0 Å². The highest BCUT2D eigenvalue weighted by molar-refractivity contribution is 5.43. The molecule has 0 unspecified atom stereocenters. The molecular formula is C14H27N7. The van der Waals surface area contributed by atoms with E-state index in [0.717, 1.165) is 38.7 Å². The van der Waals surface area contributed by atoms with Crippen molar-refractivity contribution >= 4 is 17.8 Å². The minimum absolute atomic E-state index is 0.622. The average Bonchev–Trinajstić information content (AvgIpc) is 2.55. The predicted molar refractivity (Wildman–Crippen MR) is 87.1 cm³/mol. The Morgan fingerprint density at radius 3 is 2.48 bits per heavy atom. The maximum Gasteiger partial charge on any atom is 0.231 e. The van der Waals surface area contributed by atoms with Crippen LogP contribution in [0.3, 0.4) is 0 Å². The summed E-state index contributed by atoms with van der Waals surface area (Å²) < 4.78 is 0. The molecule has 1 aromatic rings. The summed E-state index contributed by atoms with van der Waals surface area (Å²) in [5, 5.41) is 6.31. The normalized spacial score (nSPS) is 15.3. The van der Waals surface area contributed by atoms with Gasteiger partial charge in [0.05, 0.1) is 0 Å².